The summed E-state index contributed by atoms with van der Waals surface area (Å²) in [6.45, 7) is 5.25. The molecule has 1 aromatic carbocycles. The SMILES string of the molecule is COc1ccc(CCCN)cc1Cn1nc(C)c(Cl)c1C. The molecule has 0 spiro atoms. The van der Waals surface area contributed by atoms with Gasteiger partial charge >= 0.3 is 0 Å². The van der Waals surface area contributed by atoms with Crippen LogP contribution < -0.4 is 10.5 Å². The molecule has 0 saturated carbocycles. The summed E-state index contributed by atoms with van der Waals surface area (Å²) in [5.74, 6) is 0.871. The summed E-state index contributed by atoms with van der Waals surface area (Å²) in [5, 5.41) is 5.21. The third-order valence-electron chi connectivity index (χ3n) is 3.63. The van der Waals surface area contributed by atoms with Gasteiger partial charge in [0.2, 0.25) is 0 Å². The zero-order chi connectivity index (χ0) is 15.4. The van der Waals surface area contributed by atoms with E-state index in [2.05, 4.69) is 17.2 Å². The van der Waals surface area contributed by atoms with Crippen molar-refractivity contribution in [2.24, 2.45) is 5.73 Å². The second-order valence-corrected chi connectivity index (χ2v) is 5.56. The fourth-order valence-electron chi connectivity index (χ4n) is 2.41. The second kappa shape index (κ2) is 6.96. The van der Waals surface area contributed by atoms with Gasteiger partial charge in [0, 0.05) is 5.56 Å². The van der Waals surface area contributed by atoms with Gasteiger partial charge in [-0.25, -0.2) is 0 Å². The molecular weight excluding hydrogens is 286 g/mol. The Labute approximate surface area is 130 Å². The molecule has 114 valence electrons. The smallest absolute Gasteiger partial charge is 0.123 e. The first-order chi connectivity index (χ1) is 10.1. The van der Waals surface area contributed by atoms with E-state index in [1.807, 2.05) is 24.6 Å². The standard InChI is InChI=1S/C16H22ClN3O/c1-11-16(17)12(2)20(19-11)10-14-9-13(5-4-8-18)6-7-15(14)21-3/h6-7,9H,4-5,8,10,18H2,1-3H3. The van der Waals surface area contributed by atoms with E-state index in [1.54, 1.807) is 7.11 Å². The van der Waals surface area contributed by atoms with Crippen LogP contribution in [-0.4, -0.2) is 23.4 Å². The molecule has 0 bridgehead atoms. The first-order valence-electron chi connectivity index (χ1n) is 7.12. The van der Waals surface area contributed by atoms with Gasteiger partial charge in [-0.15, -0.1) is 0 Å². The van der Waals surface area contributed by atoms with Gasteiger partial charge in [-0.1, -0.05) is 23.7 Å². The Morgan fingerprint density at radius 1 is 1.33 bits per heavy atom. The summed E-state index contributed by atoms with van der Waals surface area (Å²) in [4.78, 5) is 0. The van der Waals surface area contributed by atoms with Gasteiger partial charge in [0.15, 0.2) is 0 Å². The van der Waals surface area contributed by atoms with Crippen LogP contribution in [0.3, 0.4) is 0 Å². The van der Waals surface area contributed by atoms with E-state index < -0.39 is 0 Å². The van der Waals surface area contributed by atoms with Crippen LogP contribution in [0.2, 0.25) is 5.02 Å². The van der Waals surface area contributed by atoms with Crippen LogP contribution in [0.25, 0.3) is 0 Å². The highest BCUT2D eigenvalue weighted by atomic mass is 35.5. The van der Waals surface area contributed by atoms with E-state index in [-0.39, 0.29) is 0 Å². The average Bonchev–Trinajstić information content (AvgIpc) is 2.72. The van der Waals surface area contributed by atoms with E-state index in [1.165, 1.54) is 5.56 Å². The van der Waals surface area contributed by atoms with Crippen LogP contribution in [-0.2, 0) is 13.0 Å². The monoisotopic (exact) mass is 307 g/mol. The van der Waals surface area contributed by atoms with Crippen molar-refractivity contribution < 1.29 is 4.74 Å². The number of aromatic nitrogens is 2. The predicted molar refractivity (Wildman–Crippen MR) is 86.2 cm³/mol. The van der Waals surface area contributed by atoms with Crippen molar-refractivity contribution in [3.63, 3.8) is 0 Å². The van der Waals surface area contributed by atoms with Crippen LogP contribution in [0.4, 0.5) is 0 Å². The normalized spacial score (nSPS) is 10.9. The molecule has 0 radical (unpaired) electrons. The molecule has 5 heteroatoms. The second-order valence-electron chi connectivity index (χ2n) is 5.18. The fourth-order valence-corrected chi connectivity index (χ4v) is 2.54. The van der Waals surface area contributed by atoms with Gasteiger partial charge < -0.3 is 10.5 Å². The van der Waals surface area contributed by atoms with Gasteiger partial charge in [0.25, 0.3) is 0 Å². The third kappa shape index (κ3) is 3.57. The lowest BCUT2D eigenvalue weighted by atomic mass is 10.1. The molecule has 1 aromatic heterocycles. The first kappa shape index (κ1) is 15.9. The highest BCUT2D eigenvalue weighted by molar-refractivity contribution is 6.31. The largest absolute Gasteiger partial charge is 0.496 e. The maximum absolute atomic E-state index is 6.21. The molecule has 0 fully saturated rings. The number of hydrogen-bond donors (Lipinski definition) is 1. The zero-order valence-electron chi connectivity index (χ0n) is 12.8. The van der Waals surface area contributed by atoms with Gasteiger partial charge in [0.1, 0.15) is 5.75 Å². The minimum Gasteiger partial charge on any atom is -0.496 e. The van der Waals surface area contributed by atoms with E-state index in [0.29, 0.717) is 13.1 Å². The first-order valence-corrected chi connectivity index (χ1v) is 7.50. The Morgan fingerprint density at radius 2 is 2.10 bits per heavy atom. The van der Waals surface area contributed by atoms with Crippen molar-refractivity contribution in [2.45, 2.75) is 33.2 Å². The molecule has 0 saturated heterocycles. The zero-order valence-corrected chi connectivity index (χ0v) is 13.6. The number of nitrogens with two attached hydrogens (primary N) is 1. The van der Waals surface area contributed by atoms with Crippen LogP contribution in [0, 0.1) is 13.8 Å². The number of hydrogen-bond acceptors (Lipinski definition) is 3. The van der Waals surface area contributed by atoms with E-state index in [4.69, 9.17) is 22.1 Å². The maximum Gasteiger partial charge on any atom is 0.123 e. The molecule has 1 heterocycles. The number of methoxy groups -OCH3 is 1. The van der Waals surface area contributed by atoms with Crippen molar-refractivity contribution in [1.29, 1.82) is 0 Å². The fraction of sp³-hybridized carbons (Fsp3) is 0.438. The lowest BCUT2D eigenvalue weighted by Crippen LogP contribution is -2.07. The van der Waals surface area contributed by atoms with Crippen molar-refractivity contribution in [3.05, 3.63) is 45.7 Å². The Morgan fingerprint density at radius 3 is 2.67 bits per heavy atom. The molecule has 2 N–H and O–H groups in total. The van der Waals surface area contributed by atoms with Gasteiger partial charge in [0.05, 0.1) is 30.1 Å². The topological polar surface area (TPSA) is 53.1 Å². The minimum atomic E-state index is 0.652. The van der Waals surface area contributed by atoms with Crippen LogP contribution in [0.5, 0.6) is 5.75 Å². The number of ether oxygens (including phenoxy) is 1. The lowest BCUT2D eigenvalue weighted by Gasteiger charge is -2.12. The highest BCUT2D eigenvalue weighted by Crippen LogP contribution is 2.25. The molecule has 0 unspecified atom stereocenters. The summed E-state index contributed by atoms with van der Waals surface area (Å²) < 4.78 is 7.37. The number of benzene rings is 1. The number of nitrogens with zero attached hydrogens (tertiary/aromatic N) is 2. The molecular formula is C16H22ClN3O. The molecule has 0 aliphatic carbocycles. The molecule has 0 atom stereocenters. The van der Waals surface area contributed by atoms with E-state index in [9.17, 15) is 0 Å². The maximum atomic E-state index is 6.21. The molecule has 4 nitrogen and oxygen atoms in total. The Kier molecular flexibility index (Phi) is 5.26. The molecule has 21 heavy (non-hydrogen) atoms. The summed E-state index contributed by atoms with van der Waals surface area (Å²) in [7, 11) is 1.69. The number of rotatable bonds is 6. The number of halogens is 1. The van der Waals surface area contributed by atoms with Crippen molar-refractivity contribution in [3.8, 4) is 5.75 Å². The molecule has 0 aliphatic heterocycles. The van der Waals surface area contributed by atoms with Gasteiger partial charge in [-0.3, -0.25) is 4.68 Å². The quantitative estimate of drug-likeness (QED) is 0.892. The Bertz CT molecular complexity index is 622. The van der Waals surface area contributed by atoms with Gasteiger partial charge in [-0.05, 0) is 44.9 Å². The average molecular weight is 308 g/mol. The van der Waals surface area contributed by atoms with Crippen molar-refractivity contribution in [1.82, 2.24) is 9.78 Å². The number of aryl methyl sites for hydroxylation is 2. The van der Waals surface area contributed by atoms with Crippen LogP contribution in [0.1, 0.15) is 28.9 Å². The van der Waals surface area contributed by atoms with E-state index >= 15 is 0 Å². The summed E-state index contributed by atoms with van der Waals surface area (Å²) >= 11 is 6.21. The van der Waals surface area contributed by atoms with Crippen LogP contribution >= 0.6 is 11.6 Å². The van der Waals surface area contributed by atoms with Crippen LogP contribution in [0.15, 0.2) is 18.2 Å². The summed E-state index contributed by atoms with van der Waals surface area (Å²) in [5.41, 5.74) is 9.78. The third-order valence-corrected chi connectivity index (χ3v) is 4.17. The minimum absolute atomic E-state index is 0.652. The molecule has 2 rings (SSSR count). The predicted octanol–water partition coefficient (Wildman–Crippen LogP) is 3.10. The Hall–Kier alpha value is -1.52. The molecule has 0 aliphatic rings. The lowest BCUT2D eigenvalue weighted by molar-refractivity contribution is 0.407. The Balaban J connectivity index is 2.30. The van der Waals surface area contributed by atoms with Gasteiger partial charge in [-0.2, -0.15) is 5.10 Å². The molecule has 0 amide bonds. The van der Waals surface area contributed by atoms with Crippen molar-refractivity contribution >= 4 is 11.6 Å². The van der Waals surface area contributed by atoms with Crippen molar-refractivity contribution in [2.75, 3.05) is 13.7 Å². The molecule has 2 aromatic rings. The highest BCUT2D eigenvalue weighted by Gasteiger charge is 2.12. The van der Waals surface area contributed by atoms with E-state index in [0.717, 1.165) is 40.6 Å². The summed E-state index contributed by atoms with van der Waals surface area (Å²) in [6.07, 6.45) is 1.96. The summed E-state index contributed by atoms with van der Waals surface area (Å²) in [6, 6.07) is 6.26.